The maximum atomic E-state index is 12.1. The van der Waals surface area contributed by atoms with Crippen molar-refractivity contribution in [2.24, 2.45) is 0 Å². The van der Waals surface area contributed by atoms with Crippen LogP contribution in [0, 0.1) is 10.1 Å². The van der Waals surface area contributed by atoms with Crippen LogP contribution in [0.5, 0.6) is 5.88 Å². The molecule has 2 aromatic rings. The molecule has 126 valence electrons. The number of non-ortho nitro benzene ring substituents is 1. The Balaban J connectivity index is 2.03. The van der Waals surface area contributed by atoms with Crippen molar-refractivity contribution >= 4 is 23.2 Å². The topological polar surface area (TPSA) is 94.4 Å². The van der Waals surface area contributed by atoms with Gasteiger partial charge in [-0.2, -0.15) is 0 Å². The molecule has 0 spiro atoms. The predicted octanol–water partition coefficient (Wildman–Crippen LogP) is 3.36. The third kappa shape index (κ3) is 4.66. The van der Waals surface area contributed by atoms with Crippen LogP contribution in [-0.2, 0) is 6.54 Å². The number of carbonyl (C=O) groups is 1. The van der Waals surface area contributed by atoms with Crippen LogP contribution in [0.4, 0.5) is 5.69 Å². The van der Waals surface area contributed by atoms with Gasteiger partial charge in [-0.25, -0.2) is 4.98 Å². The summed E-state index contributed by atoms with van der Waals surface area (Å²) in [7, 11) is 0. The highest BCUT2D eigenvalue weighted by atomic mass is 35.5. The zero-order chi connectivity index (χ0) is 17.7. The molecule has 0 fully saturated rings. The summed E-state index contributed by atoms with van der Waals surface area (Å²) in [6.45, 7) is 3.84. The molecule has 0 saturated carbocycles. The number of aromatic nitrogens is 1. The third-order valence-electron chi connectivity index (χ3n) is 2.99. The molecule has 1 aromatic heterocycles. The van der Waals surface area contributed by atoms with Crippen molar-refractivity contribution in [2.75, 3.05) is 0 Å². The Hall–Kier alpha value is -2.67. The van der Waals surface area contributed by atoms with Gasteiger partial charge in [-0.3, -0.25) is 14.9 Å². The van der Waals surface area contributed by atoms with Gasteiger partial charge in [0.1, 0.15) is 5.02 Å². The largest absolute Gasteiger partial charge is 0.474 e. The van der Waals surface area contributed by atoms with E-state index in [2.05, 4.69) is 10.3 Å². The van der Waals surface area contributed by atoms with E-state index in [1.165, 1.54) is 24.4 Å². The number of pyridine rings is 1. The van der Waals surface area contributed by atoms with Crippen LogP contribution >= 0.6 is 11.6 Å². The summed E-state index contributed by atoms with van der Waals surface area (Å²) in [5.41, 5.74) is 0.875. The van der Waals surface area contributed by atoms with Crippen molar-refractivity contribution in [3.63, 3.8) is 0 Å². The Bertz CT molecular complexity index is 765. The maximum absolute atomic E-state index is 12.1. The quantitative estimate of drug-likeness (QED) is 0.637. The highest BCUT2D eigenvalue weighted by Crippen LogP contribution is 2.23. The Morgan fingerprint density at radius 3 is 2.79 bits per heavy atom. The van der Waals surface area contributed by atoms with Gasteiger partial charge in [-0.05, 0) is 25.5 Å². The Morgan fingerprint density at radius 1 is 1.42 bits per heavy atom. The molecule has 24 heavy (non-hydrogen) atoms. The average Bonchev–Trinajstić information content (AvgIpc) is 2.54. The molecule has 1 heterocycles. The molecule has 0 aliphatic rings. The fourth-order valence-electron chi connectivity index (χ4n) is 1.92. The number of benzene rings is 1. The van der Waals surface area contributed by atoms with Crippen LogP contribution in [0.1, 0.15) is 29.8 Å². The zero-order valence-electron chi connectivity index (χ0n) is 13.2. The van der Waals surface area contributed by atoms with Gasteiger partial charge >= 0.3 is 0 Å². The molecule has 2 rings (SSSR count). The number of halogens is 1. The van der Waals surface area contributed by atoms with Gasteiger partial charge in [0.25, 0.3) is 11.6 Å². The first-order chi connectivity index (χ1) is 11.4. The molecule has 0 saturated heterocycles. The van der Waals surface area contributed by atoms with Crippen LogP contribution in [0.25, 0.3) is 0 Å². The molecule has 0 aliphatic heterocycles. The molecular formula is C16H16ClN3O4. The number of nitro benzene ring substituents is 1. The third-order valence-corrected chi connectivity index (χ3v) is 3.26. The minimum atomic E-state index is -0.484. The molecule has 7 nitrogen and oxygen atoms in total. The van der Waals surface area contributed by atoms with Crippen molar-refractivity contribution in [1.29, 1.82) is 0 Å². The number of amides is 1. The Morgan fingerprint density at radius 2 is 2.17 bits per heavy atom. The molecule has 0 atom stereocenters. The van der Waals surface area contributed by atoms with Crippen LogP contribution < -0.4 is 10.1 Å². The average molecular weight is 350 g/mol. The van der Waals surface area contributed by atoms with Crippen molar-refractivity contribution in [3.05, 3.63) is 62.8 Å². The molecule has 0 aliphatic carbocycles. The normalized spacial score (nSPS) is 10.5. The molecule has 8 heteroatoms. The lowest BCUT2D eigenvalue weighted by molar-refractivity contribution is -0.384. The van der Waals surface area contributed by atoms with E-state index >= 15 is 0 Å². The fraction of sp³-hybridized carbons (Fsp3) is 0.250. The molecule has 1 aromatic carbocycles. The second-order valence-electron chi connectivity index (χ2n) is 5.29. The van der Waals surface area contributed by atoms with E-state index in [9.17, 15) is 14.9 Å². The van der Waals surface area contributed by atoms with Gasteiger partial charge in [-0.1, -0.05) is 23.7 Å². The van der Waals surface area contributed by atoms with E-state index in [1.54, 1.807) is 12.1 Å². The van der Waals surface area contributed by atoms with Crippen LogP contribution in [0.3, 0.4) is 0 Å². The standard InChI is InChI=1S/C16H16ClN3O4/c1-10(2)24-16-14(17)7-12(9-19-16)15(21)18-8-11-4-3-5-13(6-11)20(22)23/h3-7,9-10H,8H2,1-2H3,(H,18,21). The number of hydrogen-bond donors (Lipinski definition) is 1. The Labute approximate surface area is 143 Å². The van der Waals surface area contributed by atoms with Gasteiger partial charge < -0.3 is 10.1 Å². The van der Waals surface area contributed by atoms with Crippen molar-refractivity contribution in [2.45, 2.75) is 26.5 Å². The van der Waals surface area contributed by atoms with E-state index in [1.807, 2.05) is 13.8 Å². The molecular weight excluding hydrogens is 334 g/mol. The number of hydrogen-bond acceptors (Lipinski definition) is 5. The number of carbonyl (C=O) groups excluding carboxylic acids is 1. The summed E-state index contributed by atoms with van der Waals surface area (Å²) < 4.78 is 5.41. The first kappa shape index (κ1) is 17.7. The van der Waals surface area contributed by atoms with E-state index in [4.69, 9.17) is 16.3 Å². The number of nitrogens with one attached hydrogen (secondary N) is 1. The summed E-state index contributed by atoms with van der Waals surface area (Å²) in [4.78, 5) is 26.4. The molecule has 0 unspecified atom stereocenters. The SMILES string of the molecule is CC(C)Oc1ncc(C(=O)NCc2cccc([N+](=O)[O-])c2)cc1Cl. The lowest BCUT2D eigenvalue weighted by atomic mass is 10.2. The summed E-state index contributed by atoms with van der Waals surface area (Å²) >= 11 is 6.05. The lowest BCUT2D eigenvalue weighted by Crippen LogP contribution is -2.23. The summed E-state index contributed by atoms with van der Waals surface area (Å²) in [5.74, 6) is -0.117. The molecule has 1 N–H and O–H groups in total. The fourth-order valence-corrected chi connectivity index (χ4v) is 2.13. The highest BCUT2D eigenvalue weighted by molar-refractivity contribution is 6.32. The van der Waals surface area contributed by atoms with Gasteiger partial charge in [-0.15, -0.1) is 0 Å². The van der Waals surface area contributed by atoms with Gasteiger partial charge in [0.2, 0.25) is 5.88 Å². The van der Waals surface area contributed by atoms with E-state index in [0.29, 0.717) is 5.56 Å². The molecule has 0 radical (unpaired) electrons. The zero-order valence-corrected chi connectivity index (χ0v) is 13.9. The first-order valence-corrected chi connectivity index (χ1v) is 7.58. The van der Waals surface area contributed by atoms with Crippen LogP contribution in [-0.4, -0.2) is 21.9 Å². The van der Waals surface area contributed by atoms with Crippen molar-refractivity contribution in [1.82, 2.24) is 10.3 Å². The monoisotopic (exact) mass is 349 g/mol. The van der Waals surface area contributed by atoms with Crippen molar-refractivity contribution in [3.8, 4) is 5.88 Å². The van der Waals surface area contributed by atoms with E-state index < -0.39 is 4.92 Å². The molecule has 1 amide bonds. The minimum Gasteiger partial charge on any atom is -0.474 e. The smallest absolute Gasteiger partial charge is 0.269 e. The minimum absolute atomic E-state index is 0.0263. The lowest BCUT2D eigenvalue weighted by Gasteiger charge is -2.11. The summed E-state index contributed by atoms with van der Waals surface area (Å²) in [6.07, 6.45) is 1.29. The molecule has 0 bridgehead atoms. The summed E-state index contributed by atoms with van der Waals surface area (Å²) in [6, 6.07) is 7.52. The summed E-state index contributed by atoms with van der Waals surface area (Å²) in [5, 5.41) is 13.7. The van der Waals surface area contributed by atoms with E-state index in [0.717, 1.165) is 0 Å². The maximum Gasteiger partial charge on any atom is 0.269 e. The number of nitro groups is 1. The van der Waals surface area contributed by atoms with Gasteiger partial charge in [0.05, 0.1) is 16.6 Å². The number of ether oxygens (including phenoxy) is 1. The van der Waals surface area contributed by atoms with Crippen molar-refractivity contribution < 1.29 is 14.5 Å². The number of rotatable bonds is 6. The van der Waals surface area contributed by atoms with Gasteiger partial charge in [0, 0.05) is 24.9 Å². The highest BCUT2D eigenvalue weighted by Gasteiger charge is 2.12. The predicted molar refractivity (Wildman–Crippen MR) is 89.3 cm³/mol. The first-order valence-electron chi connectivity index (χ1n) is 7.20. The van der Waals surface area contributed by atoms with Crippen LogP contribution in [0.2, 0.25) is 5.02 Å². The van der Waals surface area contributed by atoms with Gasteiger partial charge in [0.15, 0.2) is 0 Å². The second kappa shape index (κ2) is 7.74. The number of nitrogens with zero attached hydrogens (tertiary/aromatic N) is 2. The Kier molecular flexibility index (Phi) is 5.70. The van der Waals surface area contributed by atoms with E-state index in [-0.39, 0.29) is 40.7 Å². The van der Waals surface area contributed by atoms with Crippen LogP contribution in [0.15, 0.2) is 36.5 Å². The second-order valence-corrected chi connectivity index (χ2v) is 5.69.